The Balaban J connectivity index is 1.35. The topological polar surface area (TPSA) is 73.1 Å². The molecule has 1 aliphatic rings. The van der Waals surface area contributed by atoms with Gasteiger partial charge in [0.2, 0.25) is 11.7 Å². The van der Waals surface area contributed by atoms with Gasteiger partial charge in [-0.2, -0.15) is 4.98 Å². The van der Waals surface area contributed by atoms with Gasteiger partial charge in [0.1, 0.15) is 12.4 Å². The summed E-state index contributed by atoms with van der Waals surface area (Å²) in [5.74, 6) is 2.79. The van der Waals surface area contributed by atoms with Crippen molar-refractivity contribution in [2.75, 3.05) is 13.1 Å². The molecule has 27 heavy (non-hydrogen) atoms. The molecule has 1 atom stereocenters. The Hall–Kier alpha value is -2.73. The van der Waals surface area contributed by atoms with Crippen molar-refractivity contribution in [2.24, 2.45) is 5.92 Å². The van der Waals surface area contributed by atoms with E-state index in [1.807, 2.05) is 36.4 Å². The number of rotatable bonds is 6. The van der Waals surface area contributed by atoms with Crippen LogP contribution in [0.5, 0.6) is 5.75 Å². The van der Waals surface area contributed by atoms with Gasteiger partial charge >= 0.3 is 0 Å². The van der Waals surface area contributed by atoms with E-state index in [1.54, 1.807) is 12.4 Å². The monoisotopic (exact) mass is 364 g/mol. The third kappa shape index (κ3) is 4.92. The van der Waals surface area contributed by atoms with E-state index in [1.165, 1.54) is 19.3 Å². The second-order valence-electron chi connectivity index (χ2n) is 6.94. The van der Waals surface area contributed by atoms with Gasteiger partial charge in [0, 0.05) is 29.9 Å². The van der Waals surface area contributed by atoms with Crippen LogP contribution in [0.1, 0.15) is 30.7 Å². The molecule has 0 spiro atoms. The molecule has 3 aromatic rings. The second kappa shape index (κ2) is 8.77. The summed E-state index contributed by atoms with van der Waals surface area (Å²) in [6.07, 6.45) is 8.02. The SMILES string of the molecule is c1cncc(COc2ccc(-c3noc(CC4CCCNCC4)n3)cc2)c1. The van der Waals surface area contributed by atoms with Crippen LogP contribution in [0.4, 0.5) is 0 Å². The Morgan fingerprint density at radius 2 is 2.04 bits per heavy atom. The van der Waals surface area contributed by atoms with E-state index in [0.29, 0.717) is 18.3 Å². The standard InChI is InChI=1S/C21H24N4O2/c1-3-16(9-12-22-10-1)13-20-24-21(25-27-20)18-5-7-19(8-6-18)26-15-17-4-2-11-23-14-17/h2,4-8,11,14,16,22H,1,3,9-10,12-13,15H2. The Labute approximate surface area is 159 Å². The van der Waals surface area contributed by atoms with Crippen molar-refractivity contribution in [1.29, 1.82) is 0 Å². The summed E-state index contributed by atoms with van der Waals surface area (Å²) in [4.78, 5) is 8.67. The number of pyridine rings is 1. The molecular formula is C21H24N4O2. The normalized spacial score (nSPS) is 17.4. The Morgan fingerprint density at radius 1 is 1.11 bits per heavy atom. The van der Waals surface area contributed by atoms with Gasteiger partial charge in [-0.15, -0.1) is 0 Å². The van der Waals surface area contributed by atoms with Crippen LogP contribution < -0.4 is 10.1 Å². The number of nitrogens with one attached hydrogen (secondary N) is 1. The van der Waals surface area contributed by atoms with Gasteiger partial charge in [-0.3, -0.25) is 4.98 Å². The lowest BCUT2D eigenvalue weighted by atomic mass is 9.97. The molecule has 1 N–H and O–H groups in total. The van der Waals surface area contributed by atoms with Crippen molar-refractivity contribution >= 4 is 0 Å². The zero-order valence-corrected chi connectivity index (χ0v) is 15.3. The smallest absolute Gasteiger partial charge is 0.227 e. The maximum atomic E-state index is 5.79. The van der Waals surface area contributed by atoms with Gasteiger partial charge in [0.25, 0.3) is 0 Å². The average Bonchev–Trinajstić information content (AvgIpc) is 3.03. The van der Waals surface area contributed by atoms with Crippen LogP contribution in [0.2, 0.25) is 0 Å². The van der Waals surface area contributed by atoms with Crippen LogP contribution in [-0.4, -0.2) is 28.2 Å². The second-order valence-corrected chi connectivity index (χ2v) is 6.94. The zero-order valence-electron chi connectivity index (χ0n) is 15.3. The summed E-state index contributed by atoms with van der Waals surface area (Å²) >= 11 is 0. The van der Waals surface area contributed by atoms with Crippen molar-refractivity contribution in [3.63, 3.8) is 0 Å². The third-order valence-corrected chi connectivity index (χ3v) is 4.87. The Kier molecular flexibility index (Phi) is 5.74. The number of ether oxygens (including phenoxy) is 1. The van der Waals surface area contributed by atoms with E-state index >= 15 is 0 Å². The summed E-state index contributed by atoms with van der Waals surface area (Å²) in [6.45, 7) is 2.68. The number of benzene rings is 1. The largest absolute Gasteiger partial charge is 0.489 e. The first-order valence-electron chi connectivity index (χ1n) is 9.52. The predicted octanol–water partition coefficient (Wildman–Crippen LogP) is 3.64. The first-order chi connectivity index (χ1) is 13.4. The number of hydrogen-bond donors (Lipinski definition) is 1. The molecular weight excluding hydrogens is 340 g/mol. The van der Waals surface area contributed by atoms with E-state index in [4.69, 9.17) is 9.26 Å². The summed E-state index contributed by atoms with van der Waals surface area (Å²) in [6, 6.07) is 11.7. The third-order valence-electron chi connectivity index (χ3n) is 4.87. The van der Waals surface area contributed by atoms with Gasteiger partial charge in [-0.25, -0.2) is 0 Å². The molecule has 0 aliphatic carbocycles. The highest BCUT2D eigenvalue weighted by Crippen LogP contribution is 2.23. The molecule has 1 unspecified atom stereocenters. The van der Waals surface area contributed by atoms with Crippen LogP contribution in [0.15, 0.2) is 53.3 Å². The van der Waals surface area contributed by atoms with Crippen LogP contribution in [-0.2, 0) is 13.0 Å². The van der Waals surface area contributed by atoms with Crippen LogP contribution >= 0.6 is 0 Å². The molecule has 4 rings (SSSR count). The average molecular weight is 364 g/mol. The maximum Gasteiger partial charge on any atom is 0.227 e. The first-order valence-corrected chi connectivity index (χ1v) is 9.52. The highest BCUT2D eigenvalue weighted by atomic mass is 16.5. The van der Waals surface area contributed by atoms with E-state index in [0.717, 1.165) is 42.3 Å². The predicted molar refractivity (Wildman–Crippen MR) is 102 cm³/mol. The number of nitrogens with zero attached hydrogens (tertiary/aromatic N) is 3. The van der Waals surface area contributed by atoms with Gasteiger partial charge in [0.05, 0.1) is 0 Å². The molecule has 1 fully saturated rings. The van der Waals surface area contributed by atoms with E-state index in [2.05, 4.69) is 20.4 Å². The molecule has 1 aliphatic heterocycles. The molecule has 0 bridgehead atoms. The fourth-order valence-corrected chi connectivity index (χ4v) is 3.35. The molecule has 6 nitrogen and oxygen atoms in total. The van der Waals surface area contributed by atoms with Gasteiger partial charge in [-0.1, -0.05) is 11.2 Å². The van der Waals surface area contributed by atoms with Gasteiger partial charge < -0.3 is 14.6 Å². The minimum atomic E-state index is 0.496. The van der Waals surface area contributed by atoms with Crippen LogP contribution in [0, 0.1) is 5.92 Å². The molecule has 0 amide bonds. The van der Waals surface area contributed by atoms with Crippen molar-refractivity contribution < 1.29 is 9.26 Å². The summed E-state index contributed by atoms with van der Waals surface area (Å²) < 4.78 is 11.3. The zero-order chi connectivity index (χ0) is 18.3. The van der Waals surface area contributed by atoms with Crippen molar-refractivity contribution in [3.8, 4) is 17.1 Å². The van der Waals surface area contributed by atoms with Crippen molar-refractivity contribution in [2.45, 2.75) is 32.3 Å². The number of hydrogen-bond acceptors (Lipinski definition) is 6. The van der Waals surface area contributed by atoms with Crippen molar-refractivity contribution in [3.05, 3.63) is 60.2 Å². The van der Waals surface area contributed by atoms with Crippen molar-refractivity contribution in [1.82, 2.24) is 20.4 Å². The number of aromatic nitrogens is 3. The maximum absolute atomic E-state index is 5.79. The summed E-state index contributed by atoms with van der Waals surface area (Å²) in [5.41, 5.74) is 1.97. The Bertz CT molecular complexity index is 825. The van der Waals surface area contributed by atoms with Gasteiger partial charge in [0.15, 0.2) is 0 Å². The van der Waals surface area contributed by atoms with Gasteiger partial charge in [-0.05, 0) is 68.6 Å². The minimum absolute atomic E-state index is 0.496. The van der Waals surface area contributed by atoms with E-state index < -0.39 is 0 Å². The molecule has 1 saturated heterocycles. The lowest BCUT2D eigenvalue weighted by molar-refractivity contribution is 0.306. The molecule has 1 aromatic carbocycles. The lowest BCUT2D eigenvalue weighted by Crippen LogP contribution is -2.14. The molecule has 3 heterocycles. The van der Waals surface area contributed by atoms with E-state index in [-0.39, 0.29) is 0 Å². The molecule has 0 saturated carbocycles. The highest BCUT2D eigenvalue weighted by Gasteiger charge is 2.17. The first kappa shape index (κ1) is 17.7. The summed E-state index contributed by atoms with van der Waals surface area (Å²) in [5, 5.41) is 7.59. The lowest BCUT2D eigenvalue weighted by Gasteiger charge is -2.09. The molecule has 140 valence electrons. The molecule has 6 heteroatoms. The van der Waals surface area contributed by atoms with Crippen LogP contribution in [0.3, 0.4) is 0 Å². The highest BCUT2D eigenvalue weighted by molar-refractivity contribution is 5.55. The fraction of sp³-hybridized carbons (Fsp3) is 0.381. The van der Waals surface area contributed by atoms with E-state index in [9.17, 15) is 0 Å². The minimum Gasteiger partial charge on any atom is -0.489 e. The molecule has 2 aromatic heterocycles. The quantitative estimate of drug-likeness (QED) is 0.720. The molecule has 0 radical (unpaired) electrons. The summed E-state index contributed by atoms with van der Waals surface area (Å²) in [7, 11) is 0. The fourth-order valence-electron chi connectivity index (χ4n) is 3.35. The van der Waals surface area contributed by atoms with Crippen LogP contribution in [0.25, 0.3) is 11.4 Å². The Morgan fingerprint density at radius 3 is 2.89 bits per heavy atom.